The Morgan fingerprint density at radius 1 is 1.00 bits per heavy atom. The van der Waals surface area contributed by atoms with E-state index in [9.17, 15) is 9.59 Å². The Bertz CT molecular complexity index is 338. The molecule has 0 N–H and O–H groups in total. The molecule has 0 amide bonds. The largest absolute Gasteiger partial charge is 0.462 e. The highest BCUT2D eigenvalue weighted by atomic mass is 16.5. The number of rotatable bonds is 11. The fraction of sp³-hybridized carbons (Fsp3) is 0.895. The van der Waals surface area contributed by atoms with Crippen molar-refractivity contribution in [1.82, 2.24) is 0 Å². The molecule has 1 aliphatic rings. The maximum Gasteiger partial charge on any atom is 0.317 e. The van der Waals surface area contributed by atoms with Crippen LogP contribution in [0.2, 0.25) is 0 Å². The second-order valence-electron chi connectivity index (χ2n) is 6.98. The predicted molar refractivity (Wildman–Crippen MR) is 89.7 cm³/mol. The summed E-state index contributed by atoms with van der Waals surface area (Å²) >= 11 is 0. The van der Waals surface area contributed by atoms with Gasteiger partial charge in [0.25, 0.3) is 0 Å². The van der Waals surface area contributed by atoms with E-state index in [2.05, 4.69) is 6.92 Å². The molecule has 1 aliphatic heterocycles. The number of carbonyl (C=O) groups is 2. The summed E-state index contributed by atoms with van der Waals surface area (Å²) in [5.74, 6) is -0.591. The van der Waals surface area contributed by atoms with E-state index in [1.54, 1.807) is 0 Å². The molecule has 1 heterocycles. The van der Waals surface area contributed by atoms with Crippen molar-refractivity contribution in [3.05, 3.63) is 0 Å². The van der Waals surface area contributed by atoms with Crippen LogP contribution in [0.1, 0.15) is 91.4 Å². The van der Waals surface area contributed by atoms with Crippen LogP contribution >= 0.6 is 0 Å². The van der Waals surface area contributed by atoms with E-state index in [1.807, 2.05) is 13.8 Å². The second-order valence-corrected chi connectivity index (χ2v) is 6.98. The fourth-order valence-electron chi connectivity index (χ4n) is 3.43. The number of hydrogen-bond donors (Lipinski definition) is 0. The number of unbranched alkanes of at least 4 members (excludes halogenated alkanes) is 8. The Balaban J connectivity index is 2.09. The monoisotopic (exact) mass is 310 g/mol. The van der Waals surface area contributed by atoms with Gasteiger partial charge in [0.1, 0.15) is 11.7 Å². The summed E-state index contributed by atoms with van der Waals surface area (Å²) in [6, 6.07) is 0. The third-order valence-corrected chi connectivity index (χ3v) is 4.72. The number of Topliss-reactive ketones (excluding diaryl/α,β-unsaturated/α-hetero) is 1. The third kappa shape index (κ3) is 6.93. The first kappa shape index (κ1) is 19.2. The molecule has 3 heteroatoms. The number of hydrogen-bond acceptors (Lipinski definition) is 3. The molecule has 3 nitrogen and oxygen atoms in total. The van der Waals surface area contributed by atoms with Crippen molar-refractivity contribution in [2.45, 2.75) is 97.5 Å². The molecule has 0 spiro atoms. The molecule has 0 saturated carbocycles. The lowest BCUT2D eigenvalue weighted by molar-refractivity contribution is -0.165. The highest BCUT2D eigenvalue weighted by Crippen LogP contribution is 2.28. The minimum atomic E-state index is -0.509. The van der Waals surface area contributed by atoms with Gasteiger partial charge in [-0.05, 0) is 25.7 Å². The molecule has 1 rings (SSSR count). The zero-order valence-electron chi connectivity index (χ0n) is 14.7. The number of ketones is 1. The van der Waals surface area contributed by atoms with Gasteiger partial charge in [-0.15, -0.1) is 0 Å². The van der Waals surface area contributed by atoms with Gasteiger partial charge in [0, 0.05) is 6.42 Å². The van der Waals surface area contributed by atoms with Crippen LogP contribution in [0.3, 0.4) is 0 Å². The minimum Gasteiger partial charge on any atom is -0.462 e. The molecule has 0 aliphatic carbocycles. The van der Waals surface area contributed by atoms with Crippen molar-refractivity contribution >= 4 is 11.8 Å². The molecule has 1 fully saturated rings. The van der Waals surface area contributed by atoms with Crippen molar-refractivity contribution in [1.29, 1.82) is 0 Å². The van der Waals surface area contributed by atoms with Crippen molar-refractivity contribution in [2.75, 3.05) is 0 Å². The quantitative estimate of drug-likeness (QED) is 0.304. The average Bonchev–Trinajstić information content (AvgIpc) is 2.44. The van der Waals surface area contributed by atoms with Gasteiger partial charge in [0.05, 0.1) is 6.10 Å². The Morgan fingerprint density at radius 2 is 1.55 bits per heavy atom. The van der Waals surface area contributed by atoms with Crippen LogP contribution in [0.15, 0.2) is 0 Å². The van der Waals surface area contributed by atoms with Crippen molar-refractivity contribution in [2.24, 2.45) is 11.8 Å². The lowest BCUT2D eigenvalue weighted by atomic mass is 9.82. The first-order valence-corrected chi connectivity index (χ1v) is 9.29. The molecular formula is C19H34O3. The summed E-state index contributed by atoms with van der Waals surface area (Å²) < 4.78 is 5.22. The first-order valence-electron chi connectivity index (χ1n) is 9.29. The van der Waals surface area contributed by atoms with Gasteiger partial charge in [0.15, 0.2) is 0 Å². The van der Waals surface area contributed by atoms with Gasteiger partial charge < -0.3 is 4.74 Å². The summed E-state index contributed by atoms with van der Waals surface area (Å²) in [5.41, 5.74) is 0. The molecule has 0 aromatic carbocycles. The molecule has 128 valence electrons. The van der Waals surface area contributed by atoms with Crippen LogP contribution in [0.4, 0.5) is 0 Å². The van der Waals surface area contributed by atoms with Crippen LogP contribution in [-0.2, 0) is 14.3 Å². The predicted octanol–water partition coefficient (Wildman–Crippen LogP) is 5.06. The zero-order chi connectivity index (χ0) is 16.4. The van der Waals surface area contributed by atoms with Gasteiger partial charge >= 0.3 is 5.97 Å². The molecule has 0 bridgehead atoms. The normalized spacial score (nSPS) is 25.0. The maximum absolute atomic E-state index is 12.2. The summed E-state index contributed by atoms with van der Waals surface area (Å²) in [5, 5.41) is 0. The zero-order valence-corrected chi connectivity index (χ0v) is 14.7. The molecule has 0 unspecified atom stereocenters. The molecule has 1 saturated heterocycles. The molecule has 3 atom stereocenters. The highest BCUT2D eigenvalue weighted by molar-refractivity contribution is 5.99. The lowest BCUT2D eigenvalue weighted by Gasteiger charge is -2.30. The molecule has 0 radical (unpaired) electrons. The van der Waals surface area contributed by atoms with Crippen LogP contribution in [-0.4, -0.2) is 17.9 Å². The van der Waals surface area contributed by atoms with E-state index < -0.39 is 5.92 Å². The Morgan fingerprint density at radius 3 is 2.09 bits per heavy atom. The number of carbonyl (C=O) groups excluding carboxylic acids is 2. The number of cyclic esters (lactones) is 1. The van der Waals surface area contributed by atoms with E-state index in [4.69, 9.17) is 4.74 Å². The summed E-state index contributed by atoms with van der Waals surface area (Å²) in [4.78, 5) is 24.1. The van der Waals surface area contributed by atoms with Gasteiger partial charge in [-0.3, -0.25) is 9.59 Å². The lowest BCUT2D eigenvalue weighted by Crippen LogP contribution is -2.40. The standard InChI is InChI=1S/C19H34O3/c1-4-5-6-7-8-9-10-11-12-13-17(20)18-15(2)14-16(3)22-19(18)21/h15-16,18H,4-14H2,1-3H3/t15-,16-,18-/m1/s1. The van der Waals surface area contributed by atoms with Gasteiger partial charge in [-0.1, -0.05) is 65.2 Å². The summed E-state index contributed by atoms with van der Waals surface area (Å²) in [7, 11) is 0. The summed E-state index contributed by atoms with van der Waals surface area (Å²) in [6.45, 7) is 6.13. The SMILES string of the molecule is CCCCCCCCCCCC(=O)[C@@H]1C(=O)O[C@H](C)C[C@H]1C. The van der Waals surface area contributed by atoms with E-state index in [0.717, 1.165) is 19.3 Å². The Labute approximate surface area is 136 Å². The van der Waals surface area contributed by atoms with E-state index >= 15 is 0 Å². The van der Waals surface area contributed by atoms with Crippen LogP contribution < -0.4 is 0 Å². The van der Waals surface area contributed by atoms with Crippen LogP contribution in [0.25, 0.3) is 0 Å². The highest BCUT2D eigenvalue weighted by Gasteiger charge is 2.38. The molecule has 0 aromatic heterocycles. The number of ether oxygens (including phenoxy) is 1. The van der Waals surface area contributed by atoms with Crippen LogP contribution in [0.5, 0.6) is 0 Å². The fourth-order valence-corrected chi connectivity index (χ4v) is 3.43. The van der Waals surface area contributed by atoms with Crippen molar-refractivity contribution in [3.63, 3.8) is 0 Å². The van der Waals surface area contributed by atoms with Crippen molar-refractivity contribution in [3.8, 4) is 0 Å². The average molecular weight is 310 g/mol. The smallest absolute Gasteiger partial charge is 0.317 e. The van der Waals surface area contributed by atoms with Gasteiger partial charge in [-0.25, -0.2) is 0 Å². The maximum atomic E-state index is 12.2. The van der Waals surface area contributed by atoms with Gasteiger partial charge in [0.2, 0.25) is 0 Å². The van der Waals surface area contributed by atoms with Crippen molar-refractivity contribution < 1.29 is 14.3 Å². The van der Waals surface area contributed by atoms with E-state index in [1.165, 1.54) is 44.9 Å². The Hall–Kier alpha value is -0.860. The van der Waals surface area contributed by atoms with Crippen LogP contribution in [0, 0.1) is 11.8 Å². The third-order valence-electron chi connectivity index (χ3n) is 4.72. The van der Waals surface area contributed by atoms with Gasteiger partial charge in [-0.2, -0.15) is 0 Å². The minimum absolute atomic E-state index is 0.0424. The Kier molecular flexibility index (Phi) is 9.42. The summed E-state index contributed by atoms with van der Waals surface area (Å²) in [6.07, 6.45) is 12.5. The van der Waals surface area contributed by atoms with E-state index in [-0.39, 0.29) is 23.8 Å². The molecule has 22 heavy (non-hydrogen) atoms. The molecular weight excluding hydrogens is 276 g/mol. The topological polar surface area (TPSA) is 43.4 Å². The number of esters is 1. The first-order chi connectivity index (χ1) is 10.6. The second kappa shape index (κ2) is 10.8. The molecule has 0 aromatic rings. The van der Waals surface area contributed by atoms with E-state index in [0.29, 0.717) is 6.42 Å².